The van der Waals surface area contributed by atoms with Crippen LogP contribution in [-0.2, 0) is 13.1 Å². The van der Waals surface area contributed by atoms with Crippen LogP contribution in [0.25, 0.3) is 9.69 Å². The summed E-state index contributed by atoms with van der Waals surface area (Å²) < 4.78 is 0. The van der Waals surface area contributed by atoms with Crippen molar-refractivity contribution in [1.29, 1.82) is 0 Å². The number of anilines is 2. The lowest BCUT2D eigenvalue weighted by molar-refractivity contribution is 0.293. The second kappa shape index (κ2) is 21.0. The van der Waals surface area contributed by atoms with Crippen molar-refractivity contribution < 1.29 is 0 Å². The predicted molar refractivity (Wildman–Crippen MR) is 237 cm³/mol. The van der Waals surface area contributed by atoms with Crippen molar-refractivity contribution in [2.24, 2.45) is 5.92 Å². The summed E-state index contributed by atoms with van der Waals surface area (Å²) in [6, 6.07) is 28.1. The summed E-state index contributed by atoms with van der Waals surface area (Å²) in [5, 5.41) is 2.54. The largest absolute Gasteiger partial charge is 0.363 e. The van der Waals surface area contributed by atoms with Gasteiger partial charge in [0.25, 0.3) is 0 Å². The van der Waals surface area contributed by atoms with Gasteiger partial charge in [-0.1, -0.05) is 128 Å². The zero-order chi connectivity index (χ0) is 38.8. The molecule has 2 aliphatic rings. The Kier molecular flexibility index (Phi) is 16.8. The summed E-state index contributed by atoms with van der Waals surface area (Å²) in [5.74, 6) is 0.660. The molecule has 2 atom stereocenters. The van der Waals surface area contributed by atoms with Gasteiger partial charge in [-0.25, -0.2) is 9.69 Å². The Labute approximate surface area is 349 Å². The summed E-state index contributed by atoms with van der Waals surface area (Å²) in [6.07, 6.45) is 2.18. The molecule has 2 heterocycles. The van der Waals surface area contributed by atoms with E-state index in [1.54, 1.807) is 6.07 Å². The van der Waals surface area contributed by atoms with Crippen LogP contribution in [0.3, 0.4) is 0 Å². The molecule has 10 heteroatoms. The maximum absolute atomic E-state index is 7.23. The minimum absolute atomic E-state index is 0. The molecule has 6 nitrogen and oxygen atoms in total. The highest BCUT2D eigenvalue weighted by Gasteiger charge is 2.30. The first-order chi connectivity index (χ1) is 25.9. The molecule has 0 aromatic heterocycles. The van der Waals surface area contributed by atoms with Crippen LogP contribution < -0.4 is 9.80 Å². The van der Waals surface area contributed by atoms with E-state index in [1.165, 1.54) is 5.57 Å². The van der Waals surface area contributed by atoms with E-state index in [4.69, 9.17) is 59.5 Å². The highest BCUT2D eigenvalue weighted by molar-refractivity contribution is 6.34. The molecule has 55 heavy (non-hydrogen) atoms. The van der Waals surface area contributed by atoms with Gasteiger partial charge in [-0.2, -0.15) is 0 Å². The zero-order valence-corrected chi connectivity index (χ0v) is 34.3. The van der Waals surface area contributed by atoms with Crippen LogP contribution in [0.15, 0.2) is 97.1 Å². The number of halogens is 4. The summed E-state index contributed by atoms with van der Waals surface area (Å²) in [7, 11) is 0. The van der Waals surface area contributed by atoms with Crippen molar-refractivity contribution >= 4 is 69.2 Å². The molecule has 0 unspecified atom stereocenters. The molecule has 2 fully saturated rings. The Hall–Kier alpha value is -3.72. The van der Waals surface area contributed by atoms with Crippen molar-refractivity contribution in [3.8, 4) is 0 Å². The normalized spacial score (nSPS) is 16.8. The number of benzene rings is 4. The smallest absolute Gasteiger partial charge is 0.205 e. The minimum Gasteiger partial charge on any atom is -0.363 e. The number of hydrogen-bond acceptors (Lipinski definition) is 4. The highest BCUT2D eigenvalue weighted by Crippen LogP contribution is 2.35. The lowest BCUT2D eigenvalue weighted by Gasteiger charge is -2.32. The molecule has 0 N–H and O–H groups in total. The molecule has 0 spiro atoms. The van der Waals surface area contributed by atoms with E-state index in [0.717, 1.165) is 91.2 Å². The third-order valence-electron chi connectivity index (χ3n) is 9.86. The zero-order valence-electron chi connectivity index (χ0n) is 31.3. The first-order valence-electron chi connectivity index (χ1n) is 18.4. The van der Waals surface area contributed by atoms with Crippen LogP contribution in [0.1, 0.15) is 52.2 Å². The average Bonchev–Trinajstić information content (AvgIpc) is 3.80. The summed E-state index contributed by atoms with van der Waals surface area (Å²) in [5.41, 5.74) is 6.41. The van der Waals surface area contributed by atoms with Gasteiger partial charge in [-0.15, -0.1) is 0 Å². The van der Waals surface area contributed by atoms with Crippen molar-refractivity contribution in [2.75, 3.05) is 49.1 Å². The van der Waals surface area contributed by atoms with E-state index in [-0.39, 0.29) is 7.43 Å². The van der Waals surface area contributed by atoms with Gasteiger partial charge in [0.05, 0.1) is 13.1 Å². The number of hydrogen-bond donors (Lipinski definition) is 0. The molecule has 6 rings (SSSR count). The molecule has 2 aliphatic heterocycles. The van der Waals surface area contributed by atoms with E-state index >= 15 is 0 Å². The van der Waals surface area contributed by atoms with Gasteiger partial charge in [0.2, 0.25) is 11.4 Å². The van der Waals surface area contributed by atoms with Gasteiger partial charge < -0.3 is 14.7 Å². The van der Waals surface area contributed by atoms with Gasteiger partial charge in [0.15, 0.2) is 0 Å². The Bertz CT molecular complexity index is 1980. The van der Waals surface area contributed by atoms with Crippen molar-refractivity contribution in [3.05, 3.63) is 151 Å². The van der Waals surface area contributed by atoms with Gasteiger partial charge in [-0.05, 0) is 73.2 Å². The van der Waals surface area contributed by atoms with Crippen LogP contribution in [-0.4, -0.2) is 61.2 Å². The lowest BCUT2D eigenvalue weighted by atomic mass is 10.1. The van der Waals surface area contributed by atoms with Crippen LogP contribution in [0.4, 0.5) is 22.7 Å². The van der Waals surface area contributed by atoms with E-state index < -0.39 is 0 Å². The Balaban J connectivity index is 0.000000240. The fourth-order valence-electron chi connectivity index (χ4n) is 7.35. The van der Waals surface area contributed by atoms with Gasteiger partial charge >= 0.3 is 0 Å². The van der Waals surface area contributed by atoms with Crippen LogP contribution >= 0.6 is 46.4 Å². The van der Waals surface area contributed by atoms with Gasteiger partial charge in [-0.3, -0.25) is 4.90 Å². The Morgan fingerprint density at radius 2 is 1.15 bits per heavy atom. The van der Waals surface area contributed by atoms with E-state index in [9.17, 15) is 0 Å². The second-order valence-electron chi connectivity index (χ2n) is 14.7. The first-order valence-corrected chi connectivity index (χ1v) is 19.9. The minimum atomic E-state index is 0. The number of nitrogens with zero attached hydrogens (tertiary/aromatic N) is 6. The molecule has 0 radical (unpaired) electrons. The van der Waals surface area contributed by atoms with E-state index in [0.29, 0.717) is 46.0 Å². The molecule has 0 aliphatic carbocycles. The maximum atomic E-state index is 7.23. The molecule has 290 valence electrons. The SMILES string of the molecule is C.[C-]#[N+]c1ccc(N(Cc2ccccc2Cl)[C@H]2CCN(CC(=C)C)C2)cc1Cl.[C-]#[N+]c1ccc(N(Cc2ccccc2Cl)[C@H]2CCN(CC(C)C)C2)cc1Cl. The topological polar surface area (TPSA) is 21.7 Å². The van der Waals surface area contributed by atoms with E-state index in [1.807, 2.05) is 66.7 Å². The van der Waals surface area contributed by atoms with Crippen molar-refractivity contribution in [2.45, 2.75) is 66.2 Å². The van der Waals surface area contributed by atoms with Crippen LogP contribution in [0.5, 0.6) is 0 Å². The molecule has 4 aromatic rings. The third-order valence-corrected chi connectivity index (χ3v) is 11.2. The highest BCUT2D eigenvalue weighted by atomic mass is 35.5. The summed E-state index contributed by atoms with van der Waals surface area (Å²) in [6.45, 7) is 32.7. The molecule has 0 saturated carbocycles. The molecular formula is C45H52Cl4N6. The van der Waals surface area contributed by atoms with Gasteiger partial charge in [0.1, 0.15) is 0 Å². The number of likely N-dealkylation sites (tertiary alicyclic amines) is 2. The van der Waals surface area contributed by atoms with Crippen molar-refractivity contribution in [1.82, 2.24) is 9.80 Å². The predicted octanol–water partition coefficient (Wildman–Crippen LogP) is 13.1. The summed E-state index contributed by atoms with van der Waals surface area (Å²) in [4.78, 5) is 16.7. The maximum Gasteiger partial charge on any atom is 0.205 e. The molecule has 0 amide bonds. The fourth-order valence-corrected chi connectivity index (χ4v) is 8.18. The van der Waals surface area contributed by atoms with Crippen molar-refractivity contribution in [3.63, 3.8) is 0 Å². The third kappa shape index (κ3) is 12.1. The number of rotatable bonds is 12. The fraction of sp³-hybridized carbons (Fsp3) is 0.378. The molecular weight excluding hydrogens is 766 g/mol. The van der Waals surface area contributed by atoms with E-state index in [2.05, 4.69) is 68.8 Å². The Morgan fingerprint density at radius 1 is 0.709 bits per heavy atom. The van der Waals surface area contributed by atoms with Crippen LogP contribution in [0.2, 0.25) is 20.1 Å². The average molecular weight is 819 g/mol. The second-order valence-corrected chi connectivity index (χ2v) is 16.3. The lowest BCUT2D eigenvalue weighted by Crippen LogP contribution is -2.38. The van der Waals surface area contributed by atoms with Gasteiger partial charge in [0, 0.05) is 95.9 Å². The monoisotopic (exact) mass is 816 g/mol. The van der Waals surface area contributed by atoms with Crippen LogP contribution in [0, 0.1) is 19.1 Å². The standard InChI is InChI=1S/C22H25Cl2N3.C22H23Cl2N3.CH4/c2*1-16(2)13-26-11-10-19(15-26)27(14-17-6-4-5-7-20(17)23)18-8-9-22(25-3)21(24)12-18;/h4-9,12,16,19H,10-11,13-15H2,1-2H3;4-9,12,19H,1,10-11,13-15H2,2H3;1H4/t2*19-;/m00./s1. The Morgan fingerprint density at radius 3 is 1.55 bits per heavy atom. The molecule has 2 saturated heterocycles. The quantitative estimate of drug-likeness (QED) is 0.105. The summed E-state index contributed by atoms with van der Waals surface area (Å²) >= 11 is 25.5. The first kappa shape index (κ1) is 44.0. The molecule has 4 aromatic carbocycles. The molecule has 0 bridgehead atoms.